The lowest BCUT2D eigenvalue weighted by Gasteiger charge is -2.28. The third-order valence-electron chi connectivity index (χ3n) is 2.00. The van der Waals surface area contributed by atoms with Crippen LogP contribution in [0.3, 0.4) is 0 Å². The van der Waals surface area contributed by atoms with Gasteiger partial charge in [0.05, 0.1) is 0 Å². The van der Waals surface area contributed by atoms with Crippen LogP contribution in [-0.2, 0) is 9.47 Å². The summed E-state index contributed by atoms with van der Waals surface area (Å²) in [7, 11) is 0. The first-order valence-electron chi connectivity index (χ1n) is 6.63. The van der Waals surface area contributed by atoms with Crippen LogP contribution in [0.1, 0.15) is 41.5 Å². The molecule has 0 radical (unpaired) electrons. The molecule has 0 aromatic carbocycles. The van der Waals surface area contributed by atoms with Crippen molar-refractivity contribution in [3.05, 3.63) is 17.5 Å². The highest BCUT2D eigenvalue weighted by molar-refractivity contribution is 6.33. The van der Waals surface area contributed by atoms with Crippen molar-refractivity contribution in [2.75, 3.05) is 4.90 Å². The highest BCUT2D eigenvalue weighted by Crippen LogP contribution is 2.24. The van der Waals surface area contributed by atoms with Gasteiger partial charge in [0.15, 0.2) is 11.0 Å². The second kappa shape index (κ2) is 6.48. The van der Waals surface area contributed by atoms with Crippen molar-refractivity contribution in [2.24, 2.45) is 0 Å². The molecule has 2 amide bonds. The van der Waals surface area contributed by atoms with E-state index in [1.807, 2.05) is 0 Å². The van der Waals surface area contributed by atoms with Crippen molar-refractivity contribution >= 4 is 29.6 Å². The molecule has 7 nitrogen and oxygen atoms in total. The van der Waals surface area contributed by atoms with Crippen molar-refractivity contribution in [2.45, 2.75) is 52.7 Å². The molecule has 0 spiro atoms. The first-order chi connectivity index (χ1) is 9.91. The Balaban J connectivity index is 3.19. The normalized spacial score (nSPS) is 11.8. The second-order valence-electron chi connectivity index (χ2n) is 6.47. The number of ether oxygens (including phenoxy) is 2. The van der Waals surface area contributed by atoms with Crippen molar-refractivity contribution in [1.82, 2.24) is 9.97 Å². The number of carbonyl (C=O) groups excluding carboxylic acids is 2. The molecule has 122 valence electrons. The largest absolute Gasteiger partial charge is 0.443 e. The Morgan fingerprint density at radius 2 is 1.36 bits per heavy atom. The van der Waals surface area contributed by atoms with Gasteiger partial charge in [-0.3, -0.25) is 0 Å². The fraction of sp³-hybridized carbons (Fsp3) is 0.571. The van der Waals surface area contributed by atoms with E-state index >= 15 is 0 Å². The Labute approximate surface area is 134 Å². The van der Waals surface area contributed by atoms with Gasteiger partial charge in [0, 0.05) is 12.4 Å². The van der Waals surface area contributed by atoms with E-state index in [-0.39, 0.29) is 11.0 Å². The molecule has 22 heavy (non-hydrogen) atoms. The molecule has 0 fully saturated rings. The molecule has 0 N–H and O–H groups in total. The fourth-order valence-corrected chi connectivity index (χ4v) is 1.52. The zero-order valence-corrected chi connectivity index (χ0v) is 14.3. The molecular formula is C14H20ClN3O4. The maximum atomic E-state index is 12.3. The van der Waals surface area contributed by atoms with Crippen LogP contribution in [0, 0.1) is 0 Å². The molecule has 0 aliphatic heterocycles. The molecule has 0 atom stereocenters. The number of hydrogen-bond acceptors (Lipinski definition) is 6. The number of rotatable bonds is 1. The van der Waals surface area contributed by atoms with Crippen LogP contribution in [-0.4, -0.2) is 33.4 Å². The predicted molar refractivity (Wildman–Crippen MR) is 82.0 cm³/mol. The van der Waals surface area contributed by atoms with Gasteiger partial charge in [-0.25, -0.2) is 19.6 Å². The van der Waals surface area contributed by atoms with Crippen LogP contribution in [0.15, 0.2) is 12.4 Å². The lowest BCUT2D eigenvalue weighted by molar-refractivity contribution is 0.0429. The maximum Gasteiger partial charge on any atom is 0.425 e. The smallest absolute Gasteiger partial charge is 0.425 e. The summed E-state index contributed by atoms with van der Waals surface area (Å²) in [6, 6.07) is 0. The third-order valence-corrected chi connectivity index (χ3v) is 2.27. The molecule has 0 saturated carbocycles. The van der Waals surface area contributed by atoms with Crippen LogP contribution in [0.5, 0.6) is 0 Å². The summed E-state index contributed by atoms with van der Waals surface area (Å²) in [6.07, 6.45) is 0.769. The van der Waals surface area contributed by atoms with Crippen molar-refractivity contribution < 1.29 is 19.1 Å². The average Bonchev–Trinajstić information content (AvgIpc) is 2.27. The van der Waals surface area contributed by atoms with Gasteiger partial charge >= 0.3 is 12.2 Å². The van der Waals surface area contributed by atoms with E-state index in [1.165, 1.54) is 12.4 Å². The molecule has 0 bridgehead atoms. The van der Waals surface area contributed by atoms with E-state index in [0.717, 1.165) is 0 Å². The molecule has 1 rings (SSSR count). The molecule has 1 aromatic rings. The molecule has 1 aromatic heterocycles. The fourth-order valence-electron chi connectivity index (χ4n) is 1.33. The summed E-state index contributed by atoms with van der Waals surface area (Å²) in [6.45, 7) is 10.1. The molecule has 0 aliphatic rings. The number of aromatic nitrogens is 2. The van der Waals surface area contributed by atoms with Crippen LogP contribution in [0.2, 0.25) is 5.15 Å². The van der Waals surface area contributed by atoms with Gasteiger partial charge in [-0.1, -0.05) is 11.6 Å². The van der Waals surface area contributed by atoms with Crippen LogP contribution in [0.25, 0.3) is 0 Å². The lowest BCUT2D eigenvalue weighted by atomic mass is 10.2. The van der Waals surface area contributed by atoms with Gasteiger partial charge in [-0.15, -0.1) is 0 Å². The van der Waals surface area contributed by atoms with Gasteiger partial charge in [-0.05, 0) is 41.5 Å². The van der Waals surface area contributed by atoms with E-state index < -0.39 is 23.4 Å². The van der Waals surface area contributed by atoms with Crippen LogP contribution >= 0.6 is 11.6 Å². The van der Waals surface area contributed by atoms with E-state index in [2.05, 4.69) is 9.97 Å². The minimum Gasteiger partial charge on any atom is -0.443 e. The Bertz CT molecular complexity index is 536. The standard InChI is InChI=1S/C14H20ClN3O4/c1-13(2,3)21-11(19)18(12(20)22-14(4,5)6)10-9(15)16-7-8-17-10/h7-8H,1-6H3. The van der Waals surface area contributed by atoms with E-state index in [1.54, 1.807) is 41.5 Å². The first-order valence-corrected chi connectivity index (χ1v) is 7.01. The minimum absolute atomic E-state index is 0.112. The summed E-state index contributed by atoms with van der Waals surface area (Å²) >= 11 is 5.92. The summed E-state index contributed by atoms with van der Waals surface area (Å²) in [5.74, 6) is -0.146. The Morgan fingerprint density at radius 1 is 0.955 bits per heavy atom. The van der Waals surface area contributed by atoms with Gasteiger partial charge in [-0.2, -0.15) is 4.90 Å². The minimum atomic E-state index is -0.941. The molecule has 0 saturated heterocycles. The summed E-state index contributed by atoms with van der Waals surface area (Å²) in [4.78, 5) is 33.0. The lowest BCUT2D eigenvalue weighted by Crippen LogP contribution is -2.44. The monoisotopic (exact) mass is 329 g/mol. The van der Waals surface area contributed by atoms with Crippen LogP contribution < -0.4 is 4.90 Å². The first kappa shape index (κ1) is 18.2. The van der Waals surface area contributed by atoms with Crippen LogP contribution in [0.4, 0.5) is 15.4 Å². The number of anilines is 1. The van der Waals surface area contributed by atoms with Crippen molar-refractivity contribution in [3.8, 4) is 0 Å². The zero-order chi connectivity index (χ0) is 17.1. The summed E-state index contributed by atoms with van der Waals surface area (Å²) < 4.78 is 10.4. The van der Waals surface area contributed by atoms with Gasteiger partial charge < -0.3 is 9.47 Å². The highest BCUT2D eigenvalue weighted by atomic mass is 35.5. The summed E-state index contributed by atoms with van der Waals surface area (Å²) in [5.41, 5.74) is -1.60. The Kier molecular flexibility index (Phi) is 5.35. The highest BCUT2D eigenvalue weighted by Gasteiger charge is 2.35. The second-order valence-corrected chi connectivity index (χ2v) is 6.82. The number of nitrogens with zero attached hydrogens (tertiary/aromatic N) is 3. The number of hydrogen-bond donors (Lipinski definition) is 0. The molecule has 0 unspecified atom stereocenters. The average molecular weight is 330 g/mol. The number of amides is 2. The number of carbonyl (C=O) groups is 2. The number of imide groups is 1. The van der Waals surface area contributed by atoms with E-state index in [9.17, 15) is 9.59 Å². The van der Waals surface area contributed by atoms with E-state index in [0.29, 0.717) is 4.90 Å². The summed E-state index contributed by atoms with van der Waals surface area (Å²) in [5, 5.41) is -0.112. The molecule has 1 heterocycles. The maximum absolute atomic E-state index is 12.3. The SMILES string of the molecule is CC(C)(C)OC(=O)N(C(=O)OC(C)(C)C)c1nccnc1Cl. The number of halogens is 1. The van der Waals surface area contributed by atoms with Gasteiger partial charge in [0.25, 0.3) is 0 Å². The quantitative estimate of drug-likeness (QED) is 0.779. The Morgan fingerprint density at radius 3 is 1.73 bits per heavy atom. The topological polar surface area (TPSA) is 81.6 Å². The molecular weight excluding hydrogens is 310 g/mol. The van der Waals surface area contributed by atoms with Crippen molar-refractivity contribution in [1.29, 1.82) is 0 Å². The molecule has 8 heteroatoms. The van der Waals surface area contributed by atoms with Gasteiger partial charge in [0.1, 0.15) is 11.2 Å². The van der Waals surface area contributed by atoms with Crippen molar-refractivity contribution in [3.63, 3.8) is 0 Å². The molecule has 0 aliphatic carbocycles. The predicted octanol–water partition coefficient (Wildman–Crippen LogP) is 3.81. The zero-order valence-electron chi connectivity index (χ0n) is 13.5. The Hall–Kier alpha value is -1.89. The van der Waals surface area contributed by atoms with Gasteiger partial charge in [0.2, 0.25) is 0 Å². The van der Waals surface area contributed by atoms with E-state index in [4.69, 9.17) is 21.1 Å². The third kappa shape index (κ3) is 5.48.